The number of hydrogen-bond donors (Lipinski definition) is 1. The molecule has 0 atom stereocenters. The summed E-state index contributed by atoms with van der Waals surface area (Å²) in [6.45, 7) is 0. The molecule has 1 N–H and O–H groups in total. The lowest BCUT2D eigenvalue weighted by Gasteiger charge is -1.98. The Morgan fingerprint density at radius 3 is 2.78 bits per heavy atom. The van der Waals surface area contributed by atoms with Gasteiger partial charge in [-0.2, -0.15) is 0 Å². The van der Waals surface area contributed by atoms with Gasteiger partial charge in [0, 0.05) is 29.6 Å². The van der Waals surface area contributed by atoms with Gasteiger partial charge in [-0.3, -0.25) is 20.2 Å². The Kier molecular flexibility index (Phi) is 5.95. The van der Waals surface area contributed by atoms with Crippen molar-refractivity contribution in [3.8, 4) is 0 Å². The second-order valence-electron chi connectivity index (χ2n) is 5.58. The third-order valence-electron chi connectivity index (χ3n) is 3.60. The number of thiazole rings is 1. The number of amides is 1. The molecule has 0 aliphatic heterocycles. The fourth-order valence-electron chi connectivity index (χ4n) is 2.34. The number of rotatable bonds is 6. The highest BCUT2D eigenvalue weighted by Crippen LogP contribution is 2.25. The van der Waals surface area contributed by atoms with Crippen LogP contribution < -0.4 is 5.32 Å². The van der Waals surface area contributed by atoms with Crippen molar-refractivity contribution < 1.29 is 9.72 Å². The van der Waals surface area contributed by atoms with E-state index < -0.39 is 4.92 Å². The molecule has 0 spiro atoms. The maximum absolute atomic E-state index is 12.0. The van der Waals surface area contributed by atoms with Crippen molar-refractivity contribution in [2.24, 2.45) is 0 Å². The van der Waals surface area contributed by atoms with Gasteiger partial charge in [0.05, 0.1) is 4.92 Å². The van der Waals surface area contributed by atoms with Crippen molar-refractivity contribution in [3.05, 3.63) is 91.9 Å². The predicted octanol–water partition coefficient (Wildman–Crippen LogP) is 4.95. The highest BCUT2D eigenvalue weighted by atomic mass is 35.5. The van der Waals surface area contributed by atoms with Crippen LogP contribution in [-0.4, -0.2) is 15.8 Å². The molecule has 0 bridgehead atoms. The van der Waals surface area contributed by atoms with Gasteiger partial charge in [-0.05, 0) is 23.3 Å². The molecular weight excluding hydrogens is 386 g/mol. The average Bonchev–Trinajstić information content (AvgIpc) is 3.08. The first-order valence-electron chi connectivity index (χ1n) is 7.93. The number of nitrogens with one attached hydrogen (secondary N) is 1. The molecule has 1 heterocycles. The van der Waals surface area contributed by atoms with Crippen LogP contribution in [0.2, 0.25) is 5.02 Å². The average molecular weight is 400 g/mol. The minimum Gasteiger partial charge on any atom is -0.298 e. The topological polar surface area (TPSA) is 85.1 Å². The Labute approximate surface area is 164 Å². The van der Waals surface area contributed by atoms with E-state index in [0.717, 1.165) is 11.3 Å². The van der Waals surface area contributed by atoms with Gasteiger partial charge in [-0.15, -0.1) is 11.3 Å². The summed E-state index contributed by atoms with van der Waals surface area (Å²) in [5, 5.41) is 14.1. The zero-order valence-corrected chi connectivity index (χ0v) is 15.5. The predicted molar refractivity (Wildman–Crippen MR) is 107 cm³/mol. The van der Waals surface area contributed by atoms with Crippen molar-refractivity contribution >= 4 is 45.7 Å². The molecule has 27 heavy (non-hydrogen) atoms. The Hall–Kier alpha value is -3.03. The highest BCUT2D eigenvalue weighted by Gasteiger charge is 2.12. The third kappa shape index (κ3) is 5.22. The SMILES string of the molecule is O=C(/C=C/c1ccc(Cl)c([N+](=O)[O-])c1)Nc1ncc(Cc2ccccc2)s1. The maximum Gasteiger partial charge on any atom is 0.288 e. The van der Waals surface area contributed by atoms with Crippen molar-refractivity contribution in [3.63, 3.8) is 0 Å². The molecule has 0 aliphatic rings. The van der Waals surface area contributed by atoms with Gasteiger partial charge in [0.2, 0.25) is 5.91 Å². The van der Waals surface area contributed by atoms with E-state index in [1.54, 1.807) is 12.3 Å². The maximum atomic E-state index is 12.0. The fraction of sp³-hybridized carbons (Fsp3) is 0.0526. The second-order valence-corrected chi connectivity index (χ2v) is 7.11. The summed E-state index contributed by atoms with van der Waals surface area (Å²) in [7, 11) is 0. The van der Waals surface area contributed by atoms with Crippen molar-refractivity contribution in [1.82, 2.24) is 4.98 Å². The van der Waals surface area contributed by atoms with Gasteiger partial charge in [-0.25, -0.2) is 4.98 Å². The molecule has 3 aromatic rings. The first-order chi connectivity index (χ1) is 13.0. The fourth-order valence-corrected chi connectivity index (χ4v) is 3.37. The van der Waals surface area contributed by atoms with E-state index in [1.807, 2.05) is 30.3 Å². The van der Waals surface area contributed by atoms with Crippen molar-refractivity contribution in [2.45, 2.75) is 6.42 Å². The minimum atomic E-state index is -0.566. The van der Waals surface area contributed by atoms with Gasteiger partial charge in [0.25, 0.3) is 5.69 Å². The first kappa shape index (κ1) is 18.8. The van der Waals surface area contributed by atoms with E-state index in [1.165, 1.54) is 41.2 Å². The number of carbonyl (C=O) groups excluding carboxylic acids is 1. The Bertz CT molecular complexity index is 1000. The van der Waals surface area contributed by atoms with Crippen molar-refractivity contribution in [2.75, 3.05) is 5.32 Å². The molecule has 2 aromatic carbocycles. The lowest BCUT2D eigenvalue weighted by atomic mass is 10.1. The number of nitro groups is 1. The number of nitrogens with zero attached hydrogens (tertiary/aromatic N) is 2. The number of nitro benzene ring substituents is 1. The van der Waals surface area contributed by atoms with Crippen LogP contribution in [-0.2, 0) is 11.2 Å². The molecule has 8 heteroatoms. The normalized spacial score (nSPS) is 10.9. The number of anilines is 1. The quantitative estimate of drug-likeness (QED) is 0.361. The number of carbonyl (C=O) groups is 1. The Balaban J connectivity index is 1.62. The van der Waals surface area contributed by atoms with Gasteiger partial charge in [0.1, 0.15) is 5.02 Å². The van der Waals surface area contributed by atoms with Crippen molar-refractivity contribution in [1.29, 1.82) is 0 Å². The molecule has 0 radical (unpaired) electrons. The van der Waals surface area contributed by atoms with Crippen LogP contribution in [0.3, 0.4) is 0 Å². The molecule has 0 aliphatic carbocycles. The molecule has 136 valence electrons. The number of halogens is 1. The van der Waals surface area contributed by atoms with E-state index in [9.17, 15) is 14.9 Å². The lowest BCUT2D eigenvalue weighted by molar-refractivity contribution is -0.384. The summed E-state index contributed by atoms with van der Waals surface area (Å²) < 4.78 is 0. The molecular formula is C19H14ClN3O3S. The highest BCUT2D eigenvalue weighted by molar-refractivity contribution is 7.15. The number of hydrogen-bond acceptors (Lipinski definition) is 5. The van der Waals surface area contributed by atoms with Gasteiger partial charge in [0.15, 0.2) is 5.13 Å². The van der Waals surface area contributed by atoms with Crippen LogP contribution in [0.15, 0.2) is 60.8 Å². The van der Waals surface area contributed by atoms with Gasteiger partial charge >= 0.3 is 0 Å². The zero-order chi connectivity index (χ0) is 19.2. The Morgan fingerprint density at radius 1 is 1.26 bits per heavy atom. The standard InChI is InChI=1S/C19H14ClN3O3S/c20-16-8-6-14(11-17(16)23(25)26)7-9-18(24)22-19-21-12-15(27-19)10-13-4-2-1-3-5-13/h1-9,11-12H,10H2,(H,21,22,24)/b9-7+. The number of aromatic nitrogens is 1. The molecule has 1 amide bonds. The molecule has 0 unspecified atom stereocenters. The summed E-state index contributed by atoms with van der Waals surface area (Å²) in [6.07, 6.45) is 5.26. The van der Waals surface area contributed by atoms with Crippen LogP contribution >= 0.6 is 22.9 Å². The Morgan fingerprint density at radius 2 is 2.04 bits per heavy atom. The summed E-state index contributed by atoms with van der Waals surface area (Å²) in [4.78, 5) is 27.6. The summed E-state index contributed by atoms with van der Waals surface area (Å²) in [5.41, 5.74) is 1.47. The van der Waals surface area contributed by atoms with E-state index in [-0.39, 0.29) is 16.6 Å². The summed E-state index contributed by atoms with van der Waals surface area (Å²) in [5.74, 6) is -0.367. The van der Waals surface area contributed by atoms with Crippen LogP contribution in [0.25, 0.3) is 6.08 Å². The summed E-state index contributed by atoms with van der Waals surface area (Å²) in [6, 6.07) is 14.3. The largest absolute Gasteiger partial charge is 0.298 e. The van der Waals surface area contributed by atoms with E-state index in [4.69, 9.17) is 11.6 Å². The van der Waals surface area contributed by atoms with Crippen LogP contribution in [0.5, 0.6) is 0 Å². The molecule has 0 fully saturated rings. The van der Waals surface area contributed by atoms with Crippen LogP contribution in [0, 0.1) is 10.1 Å². The zero-order valence-electron chi connectivity index (χ0n) is 14.0. The third-order valence-corrected chi connectivity index (χ3v) is 4.83. The molecule has 0 saturated carbocycles. The minimum absolute atomic E-state index is 0.0512. The van der Waals surface area contributed by atoms with E-state index in [0.29, 0.717) is 10.7 Å². The van der Waals surface area contributed by atoms with Gasteiger partial charge < -0.3 is 0 Å². The monoisotopic (exact) mass is 399 g/mol. The molecule has 3 rings (SSSR count). The molecule has 0 saturated heterocycles. The molecule has 6 nitrogen and oxygen atoms in total. The van der Waals surface area contributed by atoms with Crippen LogP contribution in [0.1, 0.15) is 16.0 Å². The lowest BCUT2D eigenvalue weighted by Crippen LogP contribution is -2.07. The van der Waals surface area contributed by atoms with Crippen LogP contribution in [0.4, 0.5) is 10.8 Å². The smallest absolute Gasteiger partial charge is 0.288 e. The van der Waals surface area contributed by atoms with Gasteiger partial charge in [-0.1, -0.05) is 48.0 Å². The van der Waals surface area contributed by atoms with E-state index in [2.05, 4.69) is 10.3 Å². The first-order valence-corrected chi connectivity index (χ1v) is 9.12. The summed E-state index contributed by atoms with van der Waals surface area (Å²) >= 11 is 7.17. The second kappa shape index (κ2) is 8.57. The molecule has 1 aromatic heterocycles. The van der Waals surface area contributed by atoms with E-state index >= 15 is 0 Å². The number of benzene rings is 2.